The Balaban J connectivity index is 1.40. The van der Waals surface area contributed by atoms with Gasteiger partial charge in [-0.3, -0.25) is 9.20 Å². The first-order valence-corrected chi connectivity index (χ1v) is 12.6. The van der Waals surface area contributed by atoms with Gasteiger partial charge in [0.2, 0.25) is 0 Å². The third kappa shape index (κ3) is 3.44. The Labute approximate surface area is 195 Å². The van der Waals surface area contributed by atoms with Crippen molar-refractivity contribution >= 4 is 38.5 Å². The lowest BCUT2D eigenvalue weighted by atomic mass is 9.93. The number of carbonyl (C=O) groups excluding carboxylic acids is 1. The van der Waals surface area contributed by atoms with Crippen LogP contribution in [0.1, 0.15) is 34.8 Å². The van der Waals surface area contributed by atoms with Crippen LogP contribution in [-0.4, -0.2) is 37.8 Å². The predicted octanol–water partition coefficient (Wildman–Crippen LogP) is 5.86. The highest BCUT2D eigenvalue weighted by atomic mass is 32.5. The van der Waals surface area contributed by atoms with E-state index in [9.17, 15) is 24.2 Å². The maximum absolute atomic E-state index is 13.6. The van der Waals surface area contributed by atoms with Gasteiger partial charge in [-0.25, -0.2) is 9.97 Å². The molecule has 0 aliphatic carbocycles. The van der Waals surface area contributed by atoms with Gasteiger partial charge >= 0.3 is 10.2 Å². The van der Waals surface area contributed by atoms with Crippen molar-refractivity contribution < 1.29 is 29.0 Å². The average Bonchev–Trinajstić information content (AvgIpc) is 3.42. The summed E-state index contributed by atoms with van der Waals surface area (Å²) in [6.45, 7) is 0.338. The van der Waals surface area contributed by atoms with E-state index < -0.39 is 27.3 Å². The summed E-state index contributed by atoms with van der Waals surface area (Å²) in [4.78, 5) is 21.5. The molecular weight excluding hydrogens is 493 g/mol. The van der Waals surface area contributed by atoms with Gasteiger partial charge in [-0.05, 0) is 37.1 Å². The minimum absolute atomic E-state index is 0.274. The molecule has 13 heteroatoms. The maximum Gasteiger partial charge on any atom is 0.310 e. The number of imidazole rings is 1. The molecule has 0 saturated carbocycles. The molecule has 2 aromatic carbocycles. The van der Waals surface area contributed by atoms with E-state index in [1.807, 2.05) is 0 Å². The summed E-state index contributed by atoms with van der Waals surface area (Å²) in [5.74, 6) is -0.345. The van der Waals surface area contributed by atoms with Crippen LogP contribution in [0.15, 0.2) is 53.8 Å². The highest BCUT2D eigenvalue weighted by molar-refractivity contribution is 8.45. The maximum atomic E-state index is 13.6. The number of hydrogen-bond acceptors (Lipinski definition) is 5. The largest absolute Gasteiger partial charge is 0.487 e. The molecule has 0 radical (unpaired) electrons. The molecule has 35 heavy (non-hydrogen) atoms. The molecule has 4 aromatic rings. The van der Waals surface area contributed by atoms with E-state index in [0.717, 1.165) is 6.07 Å². The molecule has 7 nitrogen and oxygen atoms in total. The lowest BCUT2D eigenvalue weighted by Crippen LogP contribution is -2.44. The lowest BCUT2D eigenvalue weighted by molar-refractivity contribution is 0.0365. The predicted molar refractivity (Wildman–Crippen MR) is 120 cm³/mol. The van der Waals surface area contributed by atoms with Crippen molar-refractivity contribution in [2.75, 3.05) is 12.3 Å². The number of likely N-dealkylation sites (tertiary alicyclic amines) is 1. The average molecular weight is 511 g/mol. The van der Waals surface area contributed by atoms with Crippen LogP contribution < -0.4 is 10.5 Å². The molecule has 2 atom stereocenters. The second-order valence-electron chi connectivity index (χ2n) is 8.76. The van der Waals surface area contributed by atoms with Crippen LogP contribution in [0.5, 0.6) is 5.75 Å². The molecule has 1 saturated heterocycles. The van der Waals surface area contributed by atoms with E-state index in [2.05, 4.69) is 9.97 Å². The quantitative estimate of drug-likeness (QED) is 0.341. The number of hydrogen-bond donors (Lipinski definition) is 1. The highest BCUT2D eigenvalue weighted by Gasteiger charge is 2.66. The molecule has 2 aliphatic rings. The van der Waals surface area contributed by atoms with Crippen LogP contribution in [0, 0.1) is 0 Å². The van der Waals surface area contributed by atoms with Crippen LogP contribution in [-0.2, 0) is 0 Å². The van der Waals surface area contributed by atoms with Crippen LogP contribution >= 0.6 is 10.2 Å². The Morgan fingerprint density at radius 3 is 2.66 bits per heavy atom. The third-order valence-corrected chi connectivity index (χ3v) is 7.63. The van der Waals surface area contributed by atoms with Gasteiger partial charge in [0.25, 0.3) is 5.91 Å². The number of carbonyl (C=O) groups is 1. The third-order valence-electron chi connectivity index (χ3n) is 6.49. The molecule has 2 aliphatic heterocycles. The van der Waals surface area contributed by atoms with E-state index in [0.29, 0.717) is 59.5 Å². The van der Waals surface area contributed by atoms with Gasteiger partial charge < -0.3 is 15.4 Å². The van der Waals surface area contributed by atoms with Crippen molar-refractivity contribution in [1.82, 2.24) is 19.3 Å². The summed E-state index contributed by atoms with van der Waals surface area (Å²) in [5.41, 5.74) is 8.31. The number of halogens is 5. The topological polar surface area (TPSA) is 85.8 Å². The molecule has 184 valence electrons. The number of fused-ring (bicyclic) bond motifs is 6. The van der Waals surface area contributed by atoms with E-state index in [4.69, 9.17) is 10.5 Å². The molecule has 1 fully saturated rings. The molecule has 2 aromatic heterocycles. The Morgan fingerprint density at radius 2 is 1.89 bits per heavy atom. The molecule has 0 unspecified atom stereocenters. The number of amides is 1. The van der Waals surface area contributed by atoms with Gasteiger partial charge in [0, 0.05) is 23.7 Å². The number of benzene rings is 2. The van der Waals surface area contributed by atoms with Gasteiger partial charge in [-0.1, -0.05) is 25.5 Å². The van der Waals surface area contributed by atoms with Crippen LogP contribution in [0.3, 0.4) is 0 Å². The normalized spacial score (nSPS) is 21.8. The smallest absolute Gasteiger partial charge is 0.310 e. The summed E-state index contributed by atoms with van der Waals surface area (Å²) >= 11 is 0. The second kappa shape index (κ2) is 6.33. The summed E-state index contributed by atoms with van der Waals surface area (Å²) < 4.78 is 73.9. The Morgan fingerprint density at radius 1 is 1.09 bits per heavy atom. The van der Waals surface area contributed by atoms with Crippen LogP contribution in [0.4, 0.5) is 25.2 Å². The number of nitrogens with zero attached hydrogens (tertiary/aromatic N) is 4. The van der Waals surface area contributed by atoms with E-state index >= 15 is 0 Å². The number of nitrogens with two attached hydrogens (primary N) is 1. The first kappa shape index (κ1) is 21.9. The Hall–Kier alpha value is -3.61. The van der Waals surface area contributed by atoms with E-state index in [-0.39, 0.29) is 17.2 Å². The fraction of sp³-hybridized carbons (Fsp3) is 0.227. The van der Waals surface area contributed by atoms with Crippen molar-refractivity contribution in [2.24, 2.45) is 0 Å². The lowest BCUT2D eigenvalue weighted by Gasteiger charge is -2.40. The molecular formula is C22H18F5N5O2S. The fourth-order valence-corrected chi connectivity index (χ4v) is 5.57. The second-order valence-corrected chi connectivity index (χ2v) is 11.2. The molecule has 1 amide bonds. The zero-order chi connectivity index (χ0) is 24.8. The zero-order valence-corrected chi connectivity index (χ0v) is 18.7. The number of anilines is 1. The summed E-state index contributed by atoms with van der Waals surface area (Å²) in [6.07, 6.45) is 3.51. The Kier molecular flexibility index (Phi) is 3.96. The number of piperidine rings is 1. The van der Waals surface area contributed by atoms with Crippen molar-refractivity contribution in [3.63, 3.8) is 0 Å². The summed E-state index contributed by atoms with van der Waals surface area (Å²) in [5, 5.41) is 0. The number of rotatable bonds is 2. The molecule has 0 spiro atoms. The number of nitrogen functional groups attached to an aromatic ring is 1. The monoisotopic (exact) mass is 511 g/mol. The van der Waals surface area contributed by atoms with E-state index in [1.54, 1.807) is 35.1 Å². The zero-order valence-electron chi connectivity index (χ0n) is 17.9. The van der Waals surface area contributed by atoms with Crippen molar-refractivity contribution in [3.05, 3.63) is 60.0 Å². The first-order valence-electron chi connectivity index (χ1n) is 10.7. The van der Waals surface area contributed by atoms with Crippen LogP contribution in [0.25, 0.3) is 16.6 Å². The van der Waals surface area contributed by atoms with Gasteiger partial charge in [-0.15, -0.1) is 0 Å². The standard InChI is InChI=1S/C22H18F5N5O2S/c23-35(24,25,26,27)13-4-5-14-19(9-13)34-18-2-1-7-31(20(14)18)22(33)12-3-6-15-16(8-12)32-11-29-10-17(32)21(28)30-15/h3-6,8-11,18,20H,1-2,7H2,(H2,28,30)/t18-,20-/m0/s1. The van der Waals surface area contributed by atoms with Crippen molar-refractivity contribution in [2.45, 2.75) is 29.9 Å². The Bertz CT molecular complexity index is 1560. The minimum Gasteiger partial charge on any atom is -0.487 e. The van der Waals surface area contributed by atoms with Gasteiger partial charge in [0.15, 0.2) is 0 Å². The van der Waals surface area contributed by atoms with Gasteiger partial charge in [-0.2, -0.15) is 0 Å². The van der Waals surface area contributed by atoms with Crippen LogP contribution in [0.2, 0.25) is 0 Å². The van der Waals surface area contributed by atoms with Gasteiger partial charge in [0.1, 0.15) is 28.1 Å². The number of aromatic nitrogens is 3. The van der Waals surface area contributed by atoms with Crippen molar-refractivity contribution in [1.29, 1.82) is 0 Å². The molecule has 4 heterocycles. The fourth-order valence-electron chi connectivity index (χ4n) is 4.92. The minimum atomic E-state index is -9.86. The summed E-state index contributed by atoms with van der Waals surface area (Å²) in [6, 6.07) is 5.91. The summed E-state index contributed by atoms with van der Waals surface area (Å²) in [7, 11) is -9.86. The number of ether oxygens (including phenoxy) is 1. The molecule has 2 N–H and O–H groups in total. The van der Waals surface area contributed by atoms with Gasteiger partial charge in [0.05, 0.1) is 29.6 Å². The van der Waals surface area contributed by atoms with Crippen molar-refractivity contribution in [3.8, 4) is 5.75 Å². The van der Waals surface area contributed by atoms with E-state index in [1.165, 1.54) is 4.90 Å². The SMILES string of the molecule is Nc1nc2ccc(C(=O)N3CCC[C@@H]4Oc5cc(S(F)(F)(F)(F)F)ccc5[C@@H]43)cc2n2cncc12. The molecule has 6 rings (SSSR count). The molecule has 0 bridgehead atoms. The first-order chi connectivity index (χ1) is 16.3. The highest BCUT2D eigenvalue weighted by Crippen LogP contribution is 3.02.